The summed E-state index contributed by atoms with van der Waals surface area (Å²) in [7, 11) is 1.63. The van der Waals surface area contributed by atoms with Crippen LogP contribution in [0.3, 0.4) is 0 Å². The first kappa shape index (κ1) is 11.1. The van der Waals surface area contributed by atoms with Crippen molar-refractivity contribution in [1.29, 1.82) is 0 Å². The number of amides is 1. The highest BCUT2D eigenvalue weighted by Gasteiger charge is 2.21. The topological polar surface area (TPSA) is 64.3 Å². The van der Waals surface area contributed by atoms with Crippen LogP contribution in [0.5, 0.6) is 0 Å². The SMILES string of the molecule is COCC(N)c1cc(C)c2c(c1)CC(=O)N2. The number of fused-ring (bicyclic) bond motifs is 1. The number of aryl methyl sites for hydroxylation is 1. The predicted octanol–water partition coefficient (Wildman–Crippen LogP) is 1.14. The van der Waals surface area contributed by atoms with Crippen molar-refractivity contribution >= 4 is 11.6 Å². The van der Waals surface area contributed by atoms with Crippen molar-refractivity contribution in [3.63, 3.8) is 0 Å². The molecule has 1 unspecified atom stereocenters. The summed E-state index contributed by atoms with van der Waals surface area (Å²) in [5.74, 6) is 0.0514. The van der Waals surface area contributed by atoms with Crippen LogP contribution in [0.4, 0.5) is 5.69 Å². The van der Waals surface area contributed by atoms with Crippen LogP contribution < -0.4 is 11.1 Å². The Labute approximate surface area is 94.8 Å². The van der Waals surface area contributed by atoms with Crippen molar-refractivity contribution in [2.45, 2.75) is 19.4 Å². The lowest BCUT2D eigenvalue weighted by Crippen LogP contribution is -2.16. The zero-order chi connectivity index (χ0) is 11.7. The van der Waals surface area contributed by atoms with Gasteiger partial charge < -0.3 is 15.8 Å². The van der Waals surface area contributed by atoms with E-state index in [0.717, 1.165) is 22.4 Å². The van der Waals surface area contributed by atoms with Gasteiger partial charge in [-0.1, -0.05) is 12.1 Å². The normalized spacial score (nSPS) is 15.8. The molecule has 16 heavy (non-hydrogen) atoms. The molecule has 1 aromatic rings. The minimum atomic E-state index is -0.135. The van der Waals surface area contributed by atoms with E-state index >= 15 is 0 Å². The number of nitrogens with one attached hydrogen (secondary N) is 1. The van der Waals surface area contributed by atoms with Gasteiger partial charge in [-0.3, -0.25) is 4.79 Å². The van der Waals surface area contributed by atoms with Crippen molar-refractivity contribution in [2.24, 2.45) is 5.73 Å². The third kappa shape index (κ3) is 1.94. The molecule has 0 spiro atoms. The van der Waals surface area contributed by atoms with Crippen molar-refractivity contribution in [1.82, 2.24) is 0 Å². The summed E-state index contributed by atoms with van der Waals surface area (Å²) in [6.45, 7) is 2.47. The van der Waals surface area contributed by atoms with Gasteiger partial charge in [0.15, 0.2) is 0 Å². The lowest BCUT2D eigenvalue weighted by molar-refractivity contribution is -0.115. The molecule has 0 saturated carbocycles. The Bertz CT molecular complexity index is 429. The standard InChI is InChI=1S/C12H16N2O2/c1-7-3-8(10(13)6-16-2)4-9-5-11(15)14-12(7)9/h3-4,10H,5-6,13H2,1-2H3,(H,14,15). The fourth-order valence-electron chi connectivity index (χ4n) is 2.06. The highest BCUT2D eigenvalue weighted by molar-refractivity contribution is 6.00. The first-order valence-electron chi connectivity index (χ1n) is 5.29. The maximum Gasteiger partial charge on any atom is 0.228 e. The van der Waals surface area contributed by atoms with Crippen LogP contribution in [-0.2, 0) is 16.0 Å². The first-order chi connectivity index (χ1) is 7.61. The second-order valence-corrected chi connectivity index (χ2v) is 4.16. The highest BCUT2D eigenvalue weighted by Crippen LogP contribution is 2.29. The molecule has 1 aliphatic heterocycles. The molecule has 0 fully saturated rings. The number of carbonyl (C=O) groups is 1. The molecule has 4 nitrogen and oxygen atoms in total. The molecule has 1 aromatic carbocycles. The molecular formula is C12H16N2O2. The van der Waals surface area contributed by atoms with Gasteiger partial charge in [-0.25, -0.2) is 0 Å². The molecule has 1 amide bonds. The van der Waals surface area contributed by atoms with Crippen molar-refractivity contribution in [2.75, 3.05) is 19.0 Å². The Morgan fingerprint density at radius 3 is 3.00 bits per heavy atom. The molecule has 1 aliphatic rings. The number of methoxy groups -OCH3 is 1. The molecule has 86 valence electrons. The lowest BCUT2D eigenvalue weighted by atomic mass is 9.99. The van der Waals surface area contributed by atoms with E-state index in [4.69, 9.17) is 10.5 Å². The van der Waals surface area contributed by atoms with Gasteiger partial charge >= 0.3 is 0 Å². The van der Waals surface area contributed by atoms with Crippen LogP contribution in [-0.4, -0.2) is 19.6 Å². The third-order valence-electron chi connectivity index (χ3n) is 2.83. The number of benzene rings is 1. The van der Waals surface area contributed by atoms with Gasteiger partial charge in [-0.15, -0.1) is 0 Å². The Hall–Kier alpha value is -1.39. The van der Waals surface area contributed by atoms with Crippen LogP contribution in [0.25, 0.3) is 0 Å². The molecule has 0 bridgehead atoms. The molecule has 3 N–H and O–H groups in total. The van der Waals surface area contributed by atoms with Crippen LogP contribution >= 0.6 is 0 Å². The van der Waals surface area contributed by atoms with E-state index < -0.39 is 0 Å². The van der Waals surface area contributed by atoms with Crippen LogP contribution in [0.15, 0.2) is 12.1 Å². The monoisotopic (exact) mass is 220 g/mol. The lowest BCUT2D eigenvalue weighted by Gasteiger charge is -2.14. The molecule has 0 aromatic heterocycles. The zero-order valence-corrected chi connectivity index (χ0v) is 9.54. The fraction of sp³-hybridized carbons (Fsp3) is 0.417. The van der Waals surface area contributed by atoms with E-state index in [9.17, 15) is 4.79 Å². The van der Waals surface area contributed by atoms with E-state index in [-0.39, 0.29) is 11.9 Å². The number of carbonyl (C=O) groups excluding carboxylic acids is 1. The first-order valence-corrected chi connectivity index (χ1v) is 5.29. The molecule has 0 saturated heterocycles. The molecular weight excluding hydrogens is 204 g/mol. The number of ether oxygens (including phenoxy) is 1. The van der Waals surface area contributed by atoms with E-state index in [1.807, 2.05) is 19.1 Å². The number of nitrogens with two attached hydrogens (primary N) is 1. The average molecular weight is 220 g/mol. The predicted molar refractivity (Wildman–Crippen MR) is 62.3 cm³/mol. The van der Waals surface area contributed by atoms with Crippen molar-refractivity contribution in [3.05, 3.63) is 28.8 Å². The average Bonchev–Trinajstić information content (AvgIpc) is 2.59. The number of hydrogen-bond donors (Lipinski definition) is 2. The Morgan fingerprint density at radius 1 is 1.56 bits per heavy atom. The minimum Gasteiger partial charge on any atom is -0.383 e. The van der Waals surface area contributed by atoms with E-state index in [1.54, 1.807) is 7.11 Å². The summed E-state index contributed by atoms with van der Waals surface area (Å²) >= 11 is 0. The van der Waals surface area contributed by atoms with Gasteiger partial charge in [0.2, 0.25) is 5.91 Å². The second kappa shape index (κ2) is 4.23. The van der Waals surface area contributed by atoms with Crippen molar-refractivity contribution in [3.8, 4) is 0 Å². The Kier molecular flexibility index (Phi) is 2.94. The Morgan fingerprint density at radius 2 is 2.31 bits per heavy atom. The smallest absolute Gasteiger partial charge is 0.228 e. The van der Waals surface area contributed by atoms with Gasteiger partial charge in [0.1, 0.15) is 0 Å². The van der Waals surface area contributed by atoms with Gasteiger partial charge in [-0.05, 0) is 23.6 Å². The molecule has 1 atom stereocenters. The molecule has 2 rings (SSSR count). The molecule has 0 aliphatic carbocycles. The summed E-state index contributed by atoms with van der Waals surface area (Å²) in [6.07, 6.45) is 0.448. The summed E-state index contributed by atoms with van der Waals surface area (Å²) in [6, 6.07) is 3.86. The van der Waals surface area contributed by atoms with Gasteiger partial charge in [-0.2, -0.15) is 0 Å². The number of anilines is 1. The number of rotatable bonds is 3. The maximum atomic E-state index is 11.3. The van der Waals surface area contributed by atoms with Gasteiger partial charge in [0, 0.05) is 12.8 Å². The summed E-state index contributed by atoms with van der Waals surface area (Å²) in [5.41, 5.74) is 10.0. The molecule has 4 heteroatoms. The number of hydrogen-bond acceptors (Lipinski definition) is 3. The van der Waals surface area contributed by atoms with E-state index in [2.05, 4.69) is 5.32 Å². The minimum absolute atomic E-state index is 0.0514. The summed E-state index contributed by atoms with van der Waals surface area (Å²) < 4.78 is 5.03. The Balaban J connectivity index is 2.34. The van der Waals surface area contributed by atoms with Gasteiger partial charge in [0.05, 0.1) is 19.1 Å². The third-order valence-corrected chi connectivity index (χ3v) is 2.83. The largest absolute Gasteiger partial charge is 0.383 e. The van der Waals surface area contributed by atoms with Crippen LogP contribution in [0.2, 0.25) is 0 Å². The molecule has 1 heterocycles. The summed E-state index contributed by atoms with van der Waals surface area (Å²) in [4.78, 5) is 11.3. The van der Waals surface area contributed by atoms with Crippen molar-refractivity contribution < 1.29 is 9.53 Å². The second-order valence-electron chi connectivity index (χ2n) is 4.16. The van der Waals surface area contributed by atoms with Crippen LogP contribution in [0, 0.1) is 6.92 Å². The summed E-state index contributed by atoms with van der Waals surface area (Å²) in [5, 5.41) is 2.85. The van der Waals surface area contributed by atoms with E-state index in [0.29, 0.717) is 13.0 Å². The van der Waals surface area contributed by atoms with Crippen LogP contribution in [0.1, 0.15) is 22.7 Å². The fourth-order valence-corrected chi connectivity index (χ4v) is 2.06. The van der Waals surface area contributed by atoms with E-state index in [1.165, 1.54) is 0 Å². The zero-order valence-electron chi connectivity index (χ0n) is 9.54. The van der Waals surface area contributed by atoms with Gasteiger partial charge in [0.25, 0.3) is 0 Å². The molecule has 0 radical (unpaired) electrons. The highest BCUT2D eigenvalue weighted by atomic mass is 16.5. The quantitative estimate of drug-likeness (QED) is 0.802. The maximum absolute atomic E-state index is 11.3.